The van der Waals surface area contributed by atoms with Crippen molar-refractivity contribution in [2.75, 3.05) is 13.2 Å². The summed E-state index contributed by atoms with van der Waals surface area (Å²) in [7, 11) is 0. The number of hydrogen-bond donors (Lipinski definition) is 0. The normalized spacial score (nSPS) is 11.5. The van der Waals surface area contributed by atoms with Crippen molar-refractivity contribution in [2.24, 2.45) is 11.8 Å². The molecule has 0 saturated carbocycles. The quantitative estimate of drug-likeness (QED) is 0.0191. The van der Waals surface area contributed by atoms with Gasteiger partial charge in [-0.15, -0.1) is 12.8 Å². The van der Waals surface area contributed by atoms with Crippen LogP contribution in [0.15, 0.2) is 231 Å². The fourth-order valence-electron chi connectivity index (χ4n) is 14.2. The van der Waals surface area contributed by atoms with Crippen molar-refractivity contribution in [3.8, 4) is 136 Å². The van der Waals surface area contributed by atoms with Gasteiger partial charge in [0.25, 0.3) is 0 Å². The van der Waals surface area contributed by atoms with E-state index in [0.717, 1.165) is 86.1 Å². The molecule has 12 aromatic rings. The highest BCUT2D eigenvalue weighted by atomic mass is 16.5. The van der Waals surface area contributed by atoms with Crippen molar-refractivity contribution < 1.29 is 9.47 Å². The van der Waals surface area contributed by atoms with Gasteiger partial charge < -0.3 is 18.4 Å². The van der Waals surface area contributed by atoms with Crippen LogP contribution in [-0.2, 0) is 0 Å². The molecule has 10 nitrogen and oxygen atoms in total. The Kier molecular flexibility index (Phi) is 27.3. The number of nitrogens with zero attached hydrogens (tertiary/aromatic N) is 8. The van der Waals surface area contributed by atoms with Crippen molar-refractivity contribution in [3.63, 3.8) is 0 Å². The zero-order chi connectivity index (χ0) is 75.9. The average Bonchev–Trinajstić information content (AvgIpc) is 1.52. The van der Waals surface area contributed by atoms with Crippen molar-refractivity contribution in [3.05, 3.63) is 264 Å². The first kappa shape index (κ1) is 75.9. The maximum absolute atomic E-state index is 12.8. The first-order valence-corrected chi connectivity index (χ1v) is 37.8. The Morgan fingerprint density at radius 3 is 1.24 bits per heavy atom. The third-order valence-corrected chi connectivity index (χ3v) is 19.3. The second kappa shape index (κ2) is 39.5. The number of aromatic nitrogens is 6. The highest BCUT2D eigenvalue weighted by molar-refractivity contribution is 6.85. The Labute approximate surface area is 648 Å². The van der Waals surface area contributed by atoms with E-state index in [4.69, 9.17) is 47.1 Å². The highest BCUT2D eigenvalue weighted by Gasteiger charge is 2.38. The molecule has 2 atom stereocenters. The summed E-state index contributed by atoms with van der Waals surface area (Å²) in [6, 6.07) is 76.0. The van der Waals surface area contributed by atoms with Crippen LogP contribution in [0.4, 0.5) is 0 Å². The summed E-state index contributed by atoms with van der Waals surface area (Å²) < 4.78 is 18.8. The van der Waals surface area contributed by atoms with Crippen LogP contribution in [0.25, 0.3) is 71.5 Å². The lowest BCUT2D eigenvalue weighted by atomic mass is 9.50. The van der Waals surface area contributed by atoms with E-state index in [1.807, 2.05) is 146 Å². The Morgan fingerprint density at radius 2 is 0.809 bits per heavy atom. The van der Waals surface area contributed by atoms with Gasteiger partial charge in [0, 0.05) is 44.8 Å². The molecule has 0 spiro atoms. The standard InChI is InChI=1S/C98H80B2N8O2/c1-6-10-14-18-22-30-48-75(49-31-23-19-15-11-7-2)73-109-83-62-46-52-77(68-83)95-92-93(98(94(102-5)91-72-104-87-65-43-45-67-89(87)106-91)108(95)100(81-58-38-28-39-59-81)82-60-40-29-41-61-82)96(78-53-47-63-84(69-78)110-74-76(50-32-24-20-16-12-8-3)51-33-25-21-17-13-9-4)107(99(79-54-34-26-35-55-79)80-56-36-27-37-57-80)97(92)85(70-101)90-71-103-86-64-42-44-66-88(86)105-90/h1,3,26-29,34-47,52-69,71-72,75-76H,7,9,11,13,15,17,19,21,23,25,31,33,49,51,73-74H2,2,4H3/b97-85-,98-94+. The predicted molar refractivity (Wildman–Crippen MR) is 451 cm³/mol. The van der Waals surface area contributed by atoms with Crippen LogP contribution in [0.1, 0.15) is 115 Å². The van der Waals surface area contributed by atoms with Crippen molar-refractivity contribution in [1.29, 1.82) is 5.26 Å². The monoisotopic (exact) mass is 1420 g/mol. The number of benzene rings is 8. The number of fused-ring (bicyclic) bond motifs is 3. The SMILES string of the molecule is [C-]#[N+]/C(c1cnc2ccccc2n1)=c1\c2c(-c3cccc(OCC(C#CC#CC#CC#C)CCCCCCCC)c3)n(B(c3ccccc3)c3ccccc3)/c(=C(/C#N)c3cnc4ccccc4n3)c2c(-c2cccc(OCC(C#CC#CC#CC#C)CCCCCCCC)c2)n1B(c1ccccc1)c1ccccc1. The number of terminal acetylenes is 2. The molecule has 0 bridgehead atoms. The van der Waals surface area contributed by atoms with Gasteiger partial charge in [0.2, 0.25) is 5.70 Å². The molecule has 0 saturated heterocycles. The van der Waals surface area contributed by atoms with Crippen LogP contribution in [0.5, 0.6) is 11.5 Å². The van der Waals surface area contributed by atoms with Gasteiger partial charge in [-0.05, 0) is 132 Å². The van der Waals surface area contributed by atoms with Crippen LogP contribution in [0.3, 0.4) is 0 Å². The molecular formula is C98H80B2N8O2. The van der Waals surface area contributed by atoms with E-state index < -0.39 is 13.7 Å². The summed E-state index contributed by atoms with van der Waals surface area (Å²) in [4.78, 5) is 25.7. The van der Waals surface area contributed by atoms with Crippen molar-refractivity contribution in [1.82, 2.24) is 28.9 Å². The molecule has 0 N–H and O–H groups in total. The minimum atomic E-state index is -0.682. The topological polar surface area (TPSA) is 108 Å². The van der Waals surface area contributed by atoms with Crippen LogP contribution < -0.4 is 42.0 Å². The van der Waals surface area contributed by atoms with Crippen molar-refractivity contribution in [2.45, 2.75) is 104 Å². The molecule has 12 heteroatoms. The molecule has 12 rings (SSSR count). The lowest BCUT2D eigenvalue weighted by Gasteiger charge is -2.25. The van der Waals surface area contributed by atoms with Gasteiger partial charge in [-0.25, -0.2) is 9.83 Å². The Morgan fingerprint density at radius 1 is 0.436 bits per heavy atom. The summed E-state index contributed by atoms with van der Waals surface area (Å²) in [5.74, 6) is 40.2. The second-order valence-electron chi connectivity index (χ2n) is 26.8. The lowest BCUT2D eigenvalue weighted by molar-refractivity contribution is 0.270. The van der Waals surface area contributed by atoms with E-state index in [1.165, 1.54) is 25.7 Å². The summed E-state index contributed by atoms with van der Waals surface area (Å²) in [5.41, 5.74) is 10.0. The van der Waals surface area contributed by atoms with Gasteiger partial charge in [-0.1, -0.05) is 294 Å². The van der Waals surface area contributed by atoms with Gasteiger partial charge in [-0.3, -0.25) is 15.0 Å². The maximum atomic E-state index is 12.8. The molecule has 110 heavy (non-hydrogen) atoms. The van der Waals surface area contributed by atoms with Gasteiger partial charge in [0.05, 0.1) is 57.7 Å². The lowest BCUT2D eigenvalue weighted by Crippen LogP contribution is -2.54. The first-order chi connectivity index (χ1) is 54.4. The van der Waals surface area contributed by atoms with E-state index in [0.29, 0.717) is 88.9 Å². The van der Waals surface area contributed by atoms with E-state index >= 15 is 0 Å². The molecule has 2 unspecified atom stereocenters. The molecule has 0 aliphatic rings. The molecule has 0 aliphatic heterocycles. The Bertz CT molecular complexity index is 5540. The molecule has 0 aliphatic carbocycles. The third kappa shape index (κ3) is 18.9. The van der Waals surface area contributed by atoms with Gasteiger partial charge >= 0.3 is 13.7 Å². The summed E-state index contributed by atoms with van der Waals surface area (Å²) >= 11 is 0. The predicted octanol–water partition coefficient (Wildman–Crippen LogP) is 15.5. The van der Waals surface area contributed by atoms with E-state index in [1.54, 1.807) is 12.4 Å². The van der Waals surface area contributed by atoms with Gasteiger partial charge in [0.15, 0.2) is 0 Å². The van der Waals surface area contributed by atoms with Crippen molar-refractivity contribution >= 4 is 79.7 Å². The highest BCUT2D eigenvalue weighted by Crippen LogP contribution is 2.39. The number of nitriles is 1. The largest absolute Gasteiger partial charge is 0.492 e. The fourth-order valence-corrected chi connectivity index (χ4v) is 14.2. The molecule has 0 amide bonds. The van der Waals surface area contributed by atoms with E-state index in [2.05, 4.69) is 185 Å². The molecule has 0 radical (unpaired) electrons. The zero-order valence-corrected chi connectivity index (χ0v) is 62.1. The maximum Gasteiger partial charge on any atom is 0.328 e. The Balaban J connectivity index is 1.26. The minimum Gasteiger partial charge on any atom is -0.492 e. The molecular weight excluding hydrogens is 1340 g/mol. The third-order valence-electron chi connectivity index (χ3n) is 19.3. The van der Waals surface area contributed by atoms with Gasteiger partial charge in [-0.2, -0.15) is 5.26 Å². The number of hydrogen-bond acceptors (Lipinski definition) is 7. The van der Waals surface area contributed by atoms with E-state index in [9.17, 15) is 11.8 Å². The number of para-hydroxylation sites is 4. The first-order valence-electron chi connectivity index (χ1n) is 37.8. The summed E-state index contributed by atoms with van der Waals surface area (Å²) in [6.45, 7) is 13.5. The van der Waals surface area contributed by atoms with Crippen LogP contribution in [0, 0.1) is 125 Å². The number of rotatable bonds is 30. The second-order valence-corrected chi connectivity index (χ2v) is 26.8. The number of unbranched alkanes of at least 4 members (excludes halogenated alkanes) is 10. The minimum absolute atomic E-state index is 0.189. The van der Waals surface area contributed by atoms with Crippen LogP contribution in [0.2, 0.25) is 0 Å². The molecule has 530 valence electrons. The van der Waals surface area contributed by atoms with Crippen LogP contribution >= 0.6 is 0 Å². The summed E-state index contributed by atoms with van der Waals surface area (Å²) in [6.07, 6.45) is 29.3. The summed E-state index contributed by atoms with van der Waals surface area (Å²) in [5, 5.41) is 15.0. The van der Waals surface area contributed by atoms with Gasteiger partial charge in [0.1, 0.15) is 42.0 Å². The molecule has 0 fully saturated rings. The smallest absolute Gasteiger partial charge is 0.328 e. The molecule has 4 heterocycles. The number of ether oxygens (including phenoxy) is 2. The zero-order valence-electron chi connectivity index (χ0n) is 62.1. The average molecular weight is 1420 g/mol. The fraction of sp³-hybridized carbons (Fsp3) is 0.204. The van der Waals surface area contributed by atoms with E-state index in [-0.39, 0.29) is 36.3 Å². The molecule has 8 aromatic carbocycles. The molecule has 4 aromatic heterocycles. The Hall–Kier alpha value is -13.8. The van der Waals surface area contributed by atoms with Crippen LogP contribution in [-0.4, -0.2) is 55.8 Å².